The maximum Gasteiger partial charge on any atom is 0.208 e. The highest BCUT2D eigenvalue weighted by molar-refractivity contribution is 5.05. The second-order valence-electron chi connectivity index (χ2n) is 4.94. The average molecular weight is 206 g/mol. The third-order valence-corrected chi connectivity index (χ3v) is 3.47. The van der Waals surface area contributed by atoms with Crippen LogP contribution in [0.2, 0.25) is 0 Å². The van der Waals surface area contributed by atoms with Gasteiger partial charge in [0, 0.05) is 12.0 Å². The first kappa shape index (κ1) is 9.40. The van der Waals surface area contributed by atoms with Gasteiger partial charge in [-0.2, -0.15) is 0 Å². The van der Waals surface area contributed by atoms with Crippen LogP contribution in [-0.4, -0.2) is 11.0 Å². The van der Waals surface area contributed by atoms with E-state index in [1.54, 1.807) is 0 Å². The van der Waals surface area contributed by atoms with Crippen LogP contribution >= 0.6 is 0 Å². The lowest BCUT2D eigenvalue weighted by molar-refractivity contribution is 0.403. The highest BCUT2D eigenvalue weighted by Crippen LogP contribution is 2.42. The second kappa shape index (κ2) is 3.63. The molecule has 3 nitrogen and oxygen atoms in total. The average Bonchev–Trinajstić information content (AvgIpc) is 3.13. The first-order valence-corrected chi connectivity index (χ1v) is 6.01. The van der Waals surface area contributed by atoms with E-state index in [-0.39, 0.29) is 0 Å². The molecule has 0 aliphatic heterocycles. The summed E-state index contributed by atoms with van der Waals surface area (Å²) in [7, 11) is 0. The van der Waals surface area contributed by atoms with Gasteiger partial charge in [-0.25, -0.2) is 4.98 Å². The number of oxazole rings is 1. The van der Waals surface area contributed by atoms with Crippen LogP contribution in [0.1, 0.15) is 50.2 Å². The number of nitrogens with zero attached hydrogens (tertiary/aromatic N) is 1. The van der Waals surface area contributed by atoms with Crippen LogP contribution in [-0.2, 0) is 6.54 Å². The summed E-state index contributed by atoms with van der Waals surface area (Å²) in [5, 5.41) is 3.41. The van der Waals surface area contributed by atoms with E-state index >= 15 is 0 Å². The normalized spacial score (nSPS) is 23.0. The van der Waals surface area contributed by atoms with Crippen molar-refractivity contribution in [3.63, 3.8) is 0 Å². The van der Waals surface area contributed by atoms with Crippen molar-refractivity contribution in [1.29, 1.82) is 0 Å². The molecule has 0 radical (unpaired) electrons. The van der Waals surface area contributed by atoms with Crippen LogP contribution in [0.25, 0.3) is 0 Å². The number of hydrogen-bond acceptors (Lipinski definition) is 3. The summed E-state index contributed by atoms with van der Waals surface area (Å²) in [5.41, 5.74) is 0. The molecule has 2 aliphatic rings. The Morgan fingerprint density at radius 1 is 1.47 bits per heavy atom. The van der Waals surface area contributed by atoms with Crippen LogP contribution in [0.5, 0.6) is 0 Å². The van der Waals surface area contributed by atoms with Gasteiger partial charge >= 0.3 is 0 Å². The van der Waals surface area contributed by atoms with Crippen LogP contribution in [0.4, 0.5) is 0 Å². The zero-order chi connectivity index (χ0) is 10.3. The van der Waals surface area contributed by atoms with Crippen molar-refractivity contribution < 1.29 is 4.42 Å². The van der Waals surface area contributed by atoms with Crippen molar-refractivity contribution in [3.8, 4) is 0 Å². The van der Waals surface area contributed by atoms with Crippen LogP contribution < -0.4 is 5.32 Å². The van der Waals surface area contributed by atoms with Gasteiger partial charge in [0.1, 0.15) is 5.76 Å². The Morgan fingerprint density at radius 2 is 2.27 bits per heavy atom. The first-order valence-electron chi connectivity index (χ1n) is 6.01. The SMILES string of the molecule is CC(c1cnc(CNC2CC2)o1)C1CC1. The van der Waals surface area contributed by atoms with Gasteiger partial charge < -0.3 is 9.73 Å². The number of aromatic nitrogens is 1. The summed E-state index contributed by atoms with van der Waals surface area (Å²) in [6.45, 7) is 3.04. The topological polar surface area (TPSA) is 38.1 Å². The molecule has 2 saturated carbocycles. The summed E-state index contributed by atoms with van der Waals surface area (Å²) in [6, 6.07) is 0.723. The molecular formula is C12H18N2O. The van der Waals surface area contributed by atoms with E-state index in [1.165, 1.54) is 25.7 Å². The summed E-state index contributed by atoms with van der Waals surface area (Å²) < 4.78 is 5.75. The quantitative estimate of drug-likeness (QED) is 0.804. The fourth-order valence-electron chi connectivity index (χ4n) is 1.96. The lowest BCUT2D eigenvalue weighted by atomic mass is 10.0. The van der Waals surface area contributed by atoms with E-state index in [0.29, 0.717) is 5.92 Å². The standard InChI is InChI=1S/C12H18N2O/c1-8(9-2-3-9)11-6-14-12(15-11)7-13-10-4-5-10/h6,8-10,13H,2-5,7H2,1H3. The second-order valence-corrected chi connectivity index (χ2v) is 4.94. The molecule has 1 aromatic heterocycles. The molecule has 15 heavy (non-hydrogen) atoms. The molecule has 0 bridgehead atoms. The number of rotatable bonds is 5. The van der Waals surface area contributed by atoms with Crippen molar-refractivity contribution >= 4 is 0 Å². The van der Waals surface area contributed by atoms with E-state index < -0.39 is 0 Å². The van der Waals surface area contributed by atoms with E-state index in [1.807, 2.05) is 6.20 Å². The molecule has 1 aromatic rings. The smallest absolute Gasteiger partial charge is 0.208 e. The van der Waals surface area contributed by atoms with Gasteiger partial charge in [-0.1, -0.05) is 6.92 Å². The van der Waals surface area contributed by atoms with E-state index in [0.717, 1.165) is 30.2 Å². The van der Waals surface area contributed by atoms with Gasteiger partial charge in [0.15, 0.2) is 0 Å². The molecule has 3 heteroatoms. The summed E-state index contributed by atoms with van der Waals surface area (Å²) in [6.07, 6.45) is 7.25. The summed E-state index contributed by atoms with van der Waals surface area (Å²) in [5.74, 6) is 3.34. The molecule has 0 aromatic carbocycles. The van der Waals surface area contributed by atoms with Crippen molar-refractivity contribution in [2.75, 3.05) is 0 Å². The Bertz CT molecular complexity index is 339. The molecule has 1 N–H and O–H groups in total. The fourth-order valence-corrected chi connectivity index (χ4v) is 1.96. The largest absolute Gasteiger partial charge is 0.444 e. The Labute approximate surface area is 90.3 Å². The Hall–Kier alpha value is -0.830. The van der Waals surface area contributed by atoms with Crippen molar-refractivity contribution in [3.05, 3.63) is 17.8 Å². The Kier molecular flexibility index (Phi) is 2.28. The molecule has 2 fully saturated rings. The van der Waals surface area contributed by atoms with Gasteiger partial charge in [0.25, 0.3) is 0 Å². The van der Waals surface area contributed by atoms with Crippen LogP contribution in [0, 0.1) is 5.92 Å². The highest BCUT2D eigenvalue weighted by Gasteiger charge is 2.31. The molecule has 1 unspecified atom stereocenters. The van der Waals surface area contributed by atoms with Crippen LogP contribution in [0.3, 0.4) is 0 Å². The van der Waals surface area contributed by atoms with E-state index in [2.05, 4.69) is 17.2 Å². The molecule has 0 saturated heterocycles. The third kappa shape index (κ3) is 2.23. The molecule has 1 heterocycles. The molecule has 0 spiro atoms. The first-order chi connectivity index (χ1) is 7.33. The van der Waals surface area contributed by atoms with E-state index in [4.69, 9.17) is 4.42 Å². The number of hydrogen-bond donors (Lipinski definition) is 1. The minimum atomic E-state index is 0.562. The van der Waals surface area contributed by atoms with Gasteiger partial charge in [-0.3, -0.25) is 0 Å². The monoisotopic (exact) mass is 206 g/mol. The van der Waals surface area contributed by atoms with Gasteiger partial charge in [0.05, 0.1) is 12.7 Å². The number of nitrogens with one attached hydrogen (secondary N) is 1. The van der Waals surface area contributed by atoms with Gasteiger partial charge in [-0.15, -0.1) is 0 Å². The lowest BCUT2D eigenvalue weighted by Crippen LogP contribution is -2.15. The molecule has 82 valence electrons. The summed E-state index contributed by atoms with van der Waals surface area (Å²) in [4.78, 5) is 4.32. The maximum absolute atomic E-state index is 5.75. The van der Waals surface area contributed by atoms with Crippen molar-refractivity contribution in [2.24, 2.45) is 5.92 Å². The molecular weight excluding hydrogens is 188 g/mol. The third-order valence-electron chi connectivity index (χ3n) is 3.47. The minimum Gasteiger partial charge on any atom is -0.444 e. The van der Waals surface area contributed by atoms with Gasteiger partial charge in [-0.05, 0) is 31.6 Å². The van der Waals surface area contributed by atoms with E-state index in [9.17, 15) is 0 Å². The Balaban J connectivity index is 1.58. The van der Waals surface area contributed by atoms with Crippen molar-refractivity contribution in [1.82, 2.24) is 10.3 Å². The van der Waals surface area contributed by atoms with Gasteiger partial charge in [0.2, 0.25) is 5.89 Å². The summed E-state index contributed by atoms with van der Waals surface area (Å²) >= 11 is 0. The van der Waals surface area contributed by atoms with Crippen LogP contribution in [0.15, 0.2) is 10.6 Å². The molecule has 2 aliphatic carbocycles. The predicted octanol–water partition coefficient (Wildman–Crippen LogP) is 2.44. The zero-order valence-corrected chi connectivity index (χ0v) is 9.20. The minimum absolute atomic E-state index is 0.562. The zero-order valence-electron chi connectivity index (χ0n) is 9.20. The maximum atomic E-state index is 5.75. The highest BCUT2D eigenvalue weighted by atomic mass is 16.4. The fraction of sp³-hybridized carbons (Fsp3) is 0.750. The van der Waals surface area contributed by atoms with Crippen molar-refractivity contribution in [2.45, 2.75) is 51.1 Å². The lowest BCUT2D eigenvalue weighted by Gasteiger charge is -2.04. The Morgan fingerprint density at radius 3 is 2.93 bits per heavy atom. The molecule has 3 rings (SSSR count). The molecule has 0 amide bonds. The predicted molar refractivity (Wildman–Crippen MR) is 57.5 cm³/mol. The molecule has 1 atom stereocenters.